The first-order chi connectivity index (χ1) is 6.52. The van der Waals surface area contributed by atoms with Gasteiger partial charge in [0.2, 0.25) is 0 Å². The van der Waals surface area contributed by atoms with Gasteiger partial charge in [-0.05, 0) is 28.9 Å². The van der Waals surface area contributed by atoms with Gasteiger partial charge in [-0.15, -0.1) is 0 Å². The number of rotatable bonds is 1. The molecular weight excluding hydrogens is 253 g/mol. The monoisotopic (exact) mass is 263 g/mol. The molecule has 78 valence electrons. The zero-order chi connectivity index (χ0) is 11.3. The molecular formula is C9H11BrFNO2. The Morgan fingerprint density at radius 3 is 2.36 bits per heavy atom. The lowest BCUT2D eigenvalue weighted by molar-refractivity contribution is -0.385. The molecule has 0 aliphatic carbocycles. The van der Waals surface area contributed by atoms with Crippen molar-refractivity contribution >= 4 is 21.6 Å². The molecule has 0 atom stereocenters. The summed E-state index contributed by atoms with van der Waals surface area (Å²) in [6, 6.07) is 2.28. The van der Waals surface area contributed by atoms with Crippen LogP contribution in [0.3, 0.4) is 0 Å². The number of benzene rings is 1. The largest absolute Gasteiger partial charge is 0.273 e. The zero-order valence-corrected chi connectivity index (χ0v) is 9.76. The molecule has 1 rings (SSSR count). The van der Waals surface area contributed by atoms with Gasteiger partial charge < -0.3 is 0 Å². The summed E-state index contributed by atoms with van der Waals surface area (Å²) in [4.78, 5) is 9.81. The van der Waals surface area contributed by atoms with Gasteiger partial charge in [0.15, 0.2) is 0 Å². The number of halogens is 2. The van der Waals surface area contributed by atoms with E-state index in [9.17, 15) is 14.5 Å². The fourth-order valence-electron chi connectivity index (χ4n) is 0.832. The molecule has 0 fully saturated rings. The molecule has 0 heterocycles. The van der Waals surface area contributed by atoms with Gasteiger partial charge in [-0.3, -0.25) is 10.1 Å². The first-order valence-corrected chi connectivity index (χ1v) is 4.91. The molecule has 0 aliphatic heterocycles. The number of aryl methyl sites for hydroxylation is 1. The Labute approximate surface area is 90.2 Å². The van der Waals surface area contributed by atoms with Crippen molar-refractivity contribution in [2.45, 2.75) is 20.8 Å². The topological polar surface area (TPSA) is 43.1 Å². The summed E-state index contributed by atoms with van der Waals surface area (Å²) in [5.74, 6) is -0.488. The van der Waals surface area contributed by atoms with E-state index in [0.29, 0.717) is 5.56 Å². The van der Waals surface area contributed by atoms with Crippen molar-refractivity contribution in [3.63, 3.8) is 0 Å². The van der Waals surface area contributed by atoms with E-state index in [1.165, 1.54) is 6.92 Å². The van der Waals surface area contributed by atoms with Gasteiger partial charge in [-0.2, -0.15) is 0 Å². The summed E-state index contributed by atoms with van der Waals surface area (Å²) in [7, 11) is 0. The van der Waals surface area contributed by atoms with Crippen LogP contribution >= 0.6 is 15.9 Å². The average Bonchev–Trinajstić information content (AvgIpc) is 2.14. The van der Waals surface area contributed by atoms with Crippen molar-refractivity contribution < 1.29 is 9.31 Å². The van der Waals surface area contributed by atoms with E-state index >= 15 is 0 Å². The van der Waals surface area contributed by atoms with E-state index in [1.54, 1.807) is 0 Å². The predicted octanol–water partition coefficient (Wildman–Crippen LogP) is 3.83. The molecule has 1 aromatic rings. The second kappa shape index (κ2) is 5.70. The Morgan fingerprint density at radius 2 is 1.93 bits per heavy atom. The van der Waals surface area contributed by atoms with Gasteiger partial charge in [-0.25, -0.2) is 4.39 Å². The van der Waals surface area contributed by atoms with Gasteiger partial charge in [0.1, 0.15) is 5.82 Å². The highest BCUT2D eigenvalue weighted by atomic mass is 79.9. The molecule has 0 amide bonds. The molecule has 3 nitrogen and oxygen atoms in total. The van der Waals surface area contributed by atoms with Crippen LogP contribution < -0.4 is 0 Å². The van der Waals surface area contributed by atoms with Crippen LogP contribution in [0.25, 0.3) is 0 Å². The van der Waals surface area contributed by atoms with Crippen molar-refractivity contribution in [3.05, 3.63) is 38.1 Å². The Hall–Kier alpha value is -0.970. The molecule has 1 aromatic carbocycles. The van der Waals surface area contributed by atoms with Crippen molar-refractivity contribution in [2.24, 2.45) is 0 Å². The summed E-state index contributed by atoms with van der Waals surface area (Å²) in [6.07, 6.45) is 0. The molecule has 14 heavy (non-hydrogen) atoms. The lowest BCUT2D eigenvalue weighted by Crippen LogP contribution is -1.92. The fourth-order valence-corrected chi connectivity index (χ4v) is 1.16. The summed E-state index contributed by atoms with van der Waals surface area (Å²) in [6.45, 7) is 5.49. The standard InChI is InChI=1S/C7H5BrFNO2.C2H6/c1-4-2-6(9)5(8)3-7(4)10(11)12;1-2/h2-3H,1H3;1-2H3. The van der Waals surface area contributed by atoms with Crippen LogP contribution in [0.15, 0.2) is 16.6 Å². The first kappa shape index (κ1) is 13.0. The minimum Gasteiger partial charge on any atom is -0.258 e. The lowest BCUT2D eigenvalue weighted by atomic mass is 10.2. The Bertz CT molecular complexity index is 342. The molecule has 0 saturated heterocycles. The molecule has 0 N–H and O–H groups in total. The van der Waals surface area contributed by atoms with Crippen LogP contribution in [0.5, 0.6) is 0 Å². The van der Waals surface area contributed by atoms with Crippen LogP contribution in [0.1, 0.15) is 19.4 Å². The smallest absolute Gasteiger partial charge is 0.258 e. The van der Waals surface area contributed by atoms with Crippen molar-refractivity contribution in [3.8, 4) is 0 Å². The SMILES string of the molecule is CC.Cc1cc(F)c(Br)cc1[N+](=O)[O-]. The van der Waals surface area contributed by atoms with Gasteiger partial charge >= 0.3 is 0 Å². The van der Waals surface area contributed by atoms with Gasteiger partial charge in [0, 0.05) is 11.6 Å². The maximum absolute atomic E-state index is 12.8. The molecule has 0 unspecified atom stereocenters. The number of nitro benzene ring substituents is 1. The normalized spacial score (nSPS) is 8.93. The highest BCUT2D eigenvalue weighted by Gasteiger charge is 2.13. The lowest BCUT2D eigenvalue weighted by Gasteiger charge is -1.98. The Kier molecular flexibility index (Phi) is 5.30. The molecule has 0 aliphatic rings. The third-order valence-corrected chi connectivity index (χ3v) is 2.04. The number of nitro groups is 1. The van der Waals surface area contributed by atoms with Crippen molar-refractivity contribution in [1.82, 2.24) is 0 Å². The predicted molar refractivity (Wildman–Crippen MR) is 56.8 cm³/mol. The second-order valence-electron chi connectivity index (χ2n) is 2.31. The van der Waals surface area contributed by atoms with E-state index < -0.39 is 10.7 Å². The Morgan fingerprint density at radius 1 is 1.43 bits per heavy atom. The van der Waals surface area contributed by atoms with Crippen LogP contribution in [0.4, 0.5) is 10.1 Å². The fraction of sp³-hybridized carbons (Fsp3) is 0.333. The maximum atomic E-state index is 12.8. The van der Waals surface area contributed by atoms with Crippen LogP contribution in [-0.2, 0) is 0 Å². The minimum absolute atomic E-state index is 0.0803. The molecule has 0 spiro atoms. The molecule has 0 radical (unpaired) electrons. The summed E-state index contributed by atoms with van der Waals surface area (Å²) < 4.78 is 12.9. The Balaban J connectivity index is 0.000000791. The molecule has 0 aromatic heterocycles. The highest BCUT2D eigenvalue weighted by molar-refractivity contribution is 9.10. The van der Waals surface area contributed by atoms with Crippen LogP contribution in [0, 0.1) is 22.9 Å². The number of hydrogen-bond donors (Lipinski definition) is 0. The van der Waals surface area contributed by atoms with Crippen molar-refractivity contribution in [1.29, 1.82) is 0 Å². The molecule has 0 bridgehead atoms. The third-order valence-electron chi connectivity index (χ3n) is 1.44. The van der Waals surface area contributed by atoms with E-state index in [2.05, 4.69) is 15.9 Å². The summed E-state index contributed by atoms with van der Waals surface area (Å²) >= 11 is 2.87. The van der Waals surface area contributed by atoms with Gasteiger partial charge in [0.25, 0.3) is 5.69 Å². The highest BCUT2D eigenvalue weighted by Crippen LogP contribution is 2.25. The minimum atomic E-state index is -0.542. The quantitative estimate of drug-likeness (QED) is 0.571. The number of hydrogen-bond acceptors (Lipinski definition) is 2. The molecule has 0 saturated carbocycles. The second-order valence-corrected chi connectivity index (χ2v) is 3.16. The van der Waals surface area contributed by atoms with Crippen molar-refractivity contribution in [2.75, 3.05) is 0 Å². The van der Waals surface area contributed by atoms with E-state index in [1.807, 2.05) is 13.8 Å². The first-order valence-electron chi connectivity index (χ1n) is 4.12. The molecule has 5 heteroatoms. The van der Waals surface area contributed by atoms with Crippen LogP contribution in [0.2, 0.25) is 0 Å². The summed E-state index contributed by atoms with van der Waals surface area (Å²) in [5, 5.41) is 10.3. The summed E-state index contributed by atoms with van der Waals surface area (Å²) in [5.41, 5.74) is 0.240. The number of nitrogens with zero attached hydrogens (tertiary/aromatic N) is 1. The van der Waals surface area contributed by atoms with Crippen LogP contribution in [-0.4, -0.2) is 4.92 Å². The zero-order valence-electron chi connectivity index (χ0n) is 8.17. The van der Waals surface area contributed by atoms with Gasteiger partial charge in [-0.1, -0.05) is 13.8 Å². The maximum Gasteiger partial charge on any atom is 0.273 e. The van der Waals surface area contributed by atoms with E-state index in [-0.39, 0.29) is 10.2 Å². The van der Waals surface area contributed by atoms with Gasteiger partial charge in [0.05, 0.1) is 9.40 Å². The van der Waals surface area contributed by atoms with E-state index in [4.69, 9.17) is 0 Å². The third kappa shape index (κ3) is 3.06. The van der Waals surface area contributed by atoms with E-state index in [0.717, 1.165) is 12.1 Å². The average molecular weight is 264 g/mol.